The lowest BCUT2D eigenvalue weighted by Gasteiger charge is -2.30. The number of hydrogen-bond acceptors (Lipinski definition) is 2. The van der Waals surface area contributed by atoms with Crippen molar-refractivity contribution in [3.8, 4) is 0 Å². The molecule has 1 saturated carbocycles. The summed E-state index contributed by atoms with van der Waals surface area (Å²) in [6, 6.07) is 5.19. The van der Waals surface area contributed by atoms with Crippen LogP contribution in [0.25, 0.3) is 0 Å². The smallest absolute Gasteiger partial charge is 0.126 e. The second-order valence-corrected chi connectivity index (χ2v) is 5.33. The van der Waals surface area contributed by atoms with Gasteiger partial charge in [0.15, 0.2) is 0 Å². The highest BCUT2D eigenvalue weighted by Crippen LogP contribution is 2.39. The van der Waals surface area contributed by atoms with Gasteiger partial charge in [-0.3, -0.25) is 0 Å². The Morgan fingerprint density at radius 1 is 1.41 bits per heavy atom. The molecule has 3 heteroatoms. The zero-order valence-corrected chi connectivity index (χ0v) is 9.88. The first-order valence-corrected chi connectivity index (χ1v) is 6.39. The minimum absolute atomic E-state index is 0.0518. The molecule has 2 N–H and O–H groups in total. The molecule has 0 amide bonds. The average Bonchev–Trinajstić information content (AvgIpc) is 3.10. The third-order valence-electron chi connectivity index (χ3n) is 4.13. The molecule has 92 valence electrons. The highest BCUT2D eigenvalue weighted by molar-refractivity contribution is 5.40. The summed E-state index contributed by atoms with van der Waals surface area (Å²) in [6.45, 7) is 0.993. The van der Waals surface area contributed by atoms with E-state index in [4.69, 9.17) is 0 Å². The van der Waals surface area contributed by atoms with Gasteiger partial charge in [0.25, 0.3) is 0 Å². The minimum atomic E-state index is -0.403. The van der Waals surface area contributed by atoms with Crippen molar-refractivity contribution in [2.45, 2.75) is 31.2 Å². The maximum Gasteiger partial charge on any atom is 0.126 e. The van der Waals surface area contributed by atoms with Gasteiger partial charge in [-0.2, -0.15) is 0 Å². The summed E-state index contributed by atoms with van der Waals surface area (Å²) in [5, 5.41) is 13.2. The van der Waals surface area contributed by atoms with E-state index in [0.717, 1.165) is 36.4 Å². The summed E-state index contributed by atoms with van der Waals surface area (Å²) in [7, 11) is 0. The number of benzene rings is 1. The van der Waals surface area contributed by atoms with Crippen LogP contribution in [0.3, 0.4) is 0 Å². The topological polar surface area (TPSA) is 32.3 Å². The second-order valence-electron chi connectivity index (χ2n) is 5.33. The van der Waals surface area contributed by atoms with Crippen molar-refractivity contribution in [1.82, 2.24) is 5.32 Å². The molecule has 1 unspecified atom stereocenters. The Balaban J connectivity index is 1.89. The van der Waals surface area contributed by atoms with E-state index in [0.29, 0.717) is 0 Å². The molecule has 0 heterocycles. The number of nitrogens with one attached hydrogen (secondary N) is 1. The van der Waals surface area contributed by atoms with Gasteiger partial charge in [-0.1, -0.05) is 12.1 Å². The SMILES string of the molecule is OCC1(NCC2CC2)CCc2c(F)cccc21. The van der Waals surface area contributed by atoms with Crippen LogP contribution in [0.5, 0.6) is 0 Å². The highest BCUT2D eigenvalue weighted by Gasteiger charge is 2.40. The maximum absolute atomic E-state index is 13.7. The zero-order valence-electron chi connectivity index (χ0n) is 9.88. The molecule has 2 aliphatic carbocycles. The monoisotopic (exact) mass is 235 g/mol. The van der Waals surface area contributed by atoms with Crippen LogP contribution < -0.4 is 5.32 Å². The minimum Gasteiger partial charge on any atom is -0.394 e. The Bertz CT molecular complexity index is 430. The quantitative estimate of drug-likeness (QED) is 0.836. The molecule has 1 aromatic rings. The summed E-state index contributed by atoms with van der Waals surface area (Å²) in [4.78, 5) is 0. The Hall–Kier alpha value is -0.930. The van der Waals surface area contributed by atoms with E-state index in [9.17, 15) is 9.50 Å². The number of hydrogen-bond donors (Lipinski definition) is 2. The van der Waals surface area contributed by atoms with Crippen LogP contribution in [0.1, 0.15) is 30.4 Å². The van der Waals surface area contributed by atoms with Gasteiger partial charge in [-0.15, -0.1) is 0 Å². The molecule has 0 radical (unpaired) electrons. The summed E-state index contributed by atoms with van der Waals surface area (Å²) in [6.07, 6.45) is 4.09. The molecule has 17 heavy (non-hydrogen) atoms. The van der Waals surface area contributed by atoms with E-state index >= 15 is 0 Å². The Morgan fingerprint density at radius 3 is 2.94 bits per heavy atom. The lowest BCUT2D eigenvalue weighted by Crippen LogP contribution is -2.44. The van der Waals surface area contributed by atoms with Crippen molar-refractivity contribution in [2.24, 2.45) is 5.92 Å². The van der Waals surface area contributed by atoms with Crippen LogP contribution in [0.15, 0.2) is 18.2 Å². The fraction of sp³-hybridized carbons (Fsp3) is 0.571. The van der Waals surface area contributed by atoms with Gasteiger partial charge in [0.05, 0.1) is 12.1 Å². The molecule has 2 aliphatic rings. The molecular weight excluding hydrogens is 217 g/mol. The van der Waals surface area contributed by atoms with Gasteiger partial charge >= 0.3 is 0 Å². The van der Waals surface area contributed by atoms with Crippen LogP contribution in [0.2, 0.25) is 0 Å². The molecule has 1 fully saturated rings. The summed E-state index contributed by atoms with van der Waals surface area (Å²) < 4.78 is 13.7. The molecular formula is C14H18FNO. The van der Waals surface area contributed by atoms with Crippen molar-refractivity contribution in [2.75, 3.05) is 13.2 Å². The normalized spacial score (nSPS) is 27.2. The Labute approximate surface area is 101 Å². The predicted molar refractivity (Wildman–Crippen MR) is 64.2 cm³/mol. The maximum atomic E-state index is 13.7. The Kier molecular flexibility index (Phi) is 2.68. The number of fused-ring (bicyclic) bond motifs is 1. The fourth-order valence-corrected chi connectivity index (χ4v) is 2.80. The van der Waals surface area contributed by atoms with Crippen molar-refractivity contribution in [1.29, 1.82) is 0 Å². The first kappa shape index (κ1) is 11.2. The van der Waals surface area contributed by atoms with Gasteiger partial charge in [-0.05, 0) is 55.3 Å². The molecule has 1 aromatic carbocycles. The first-order valence-electron chi connectivity index (χ1n) is 6.39. The molecule has 0 aliphatic heterocycles. The number of halogens is 1. The van der Waals surface area contributed by atoms with E-state index < -0.39 is 5.54 Å². The third kappa shape index (κ3) is 1.87. The van der Waals surface area contributed by atoms with E-state index in [-0.39, 0.29) is 12.4 Å². The van der Waals surface area contributed by atoms with E-state index in [2.05, 4.69) is 5.32 Å². The molecule has 1 atom stereocenters. The molecule has 0 bridgehead atoms. The van der Waals surface area contributed by atoms with E-state index in [1.165, 1.54) is 18.9 Å². The van der Waals surface area contributed by atoms with E-state index in [1.807, 2.05) is 6.07 Å². The molecule has 3 rings (SSSR count). The lowest BCUT2D eigenvalue weighted by molar-refractivity contribution is 0.159. The third-order valence-corrected chi connectivity index (χ3v) is 4.13. The molecule has 0 saturated heterocycles. The highest BCUT2D eigenvalue weighted by atomic mass is 19.1. The second kappa shape index (κ2) is 4.07. The Morgan fingerprint density at radius 2 is 2.24 bits per heavy atom. The number of rotatable bonds is 4. The molecule has 0 aromatic heterocycles. The van der Waals surface area contributed by atoms with Crippen molar-refractivity contribution in [3.63, 3.8) is 0 Å². The predicted octanol–water partition coefficient (Wildman–Crippen LogP) is 1.96. The summed E-state index contributed by atoms with van der Waals surface area (Å²) in [5.41, 5.74) is 1.34. The van der Waals surface area contributed by atoms with Crippen LogP contribution >= 0.6 is 0 Å². The fourth-order valence-electron chi connectivity index (χ4n) is 2.80. The first-order chi connectivity index (χ1) is 8.25. The largest absolute Gasteiger partial charge is 0.394 e. The standard InChI is InChI=1S/C14H18FNO/c15-13-3-1-2-12-11(13)6-7-14(12,9-17)16-8-10-4-5-10/h1-3,10,16-17H,4-9H2. The average molecular weight is 235 g/mol. The van der Waals surface area contributed by atoms with Gasteiger partial charge in [0, 0.05) is 0 Å². The van der Waals surface area contributed by atoms with Crippen molar-refractivity contribution in [3.05, 3.63) is 35.1 Å². The van der Waals surface area contributed by atoms with Crippen LogP contribution in [-0.2, 0) is 12.0 Å². The van der Waals surface area contributed by atoms with Crippen molar-refractivity contribution >= 4 is 0 Å². The molecule has 2 nitrogen and oxygen atoms in total. The van der Waals surface area contributed by atoms with E-state index in [1.54, 1.807) is 6.07 Å². The molecule has 0 spiro atoms. The van der Waals surface area contributed by atoms with Crippen molar-refractivity contribution < 1.29 is 9.50 Å². The lowest BCUT2D eigenvalue weighted by atomic mass is 9.92. The van der Waals surface area contributed by atoms with Gasteiger partial charge < -0.3 is 10.4 Å². The van der Waals surface area contributed by atoms with Crippen LogP contribution in [0.4, 0.5) is 4.39 Å². The number of aliphatic hydroxyl groups is 1. The summed E-state index contributed by atoms with van der Waals surface area (Å²) >= 11 is 0. The summed E-state index contributed by atoms with van der Waals surface area (Å²) in [5.74, 6) is 0.627. The van der Waals surface area contributed by atoms with Gasteiger partial charge in [0.2, 0.25) is 0 Å². The van der Waals surface area contributed by atoms with Crippen LogP contribution in [-0.4, -0.2) is 18.3 Å². The van der Waals surface area contributed by atoms with Gasteiger partial charge in [-0.25, -0.2) is 4.39 Å². The van der Waals surface area contributed by atoms with Gasteiger partial charge in [0.1, 0.15) is 5.82 Å². The van der Waals surface area contributed by atoms with Crippen LogP contribution in [0, 0.1) is 11.7 Å². The zero-order chi connectivity index (χ0) is 11.9. The number of aliphatic hydroxyl groups excluding tert-OH is 1.